The second-order valence-electron chi connectivity index (χ2n) is 10.6. The number of methoxy groups -OCH3 is 2. The normalized spacial score (nSPS) is 11.6. The fraction of sp³-hybridized carbons (Fsp3) is 0.162. The van der Waals surface area contributed by atoms with E-state index >= 15 is 0 Å². The van der Waals surface area contributed by atoms with Crippen LogP contribution in [0.4, 0.5) is 17.3 Å². The Hall–Kier alpha value is -5.54. The van der Waals surface area contributed by atoms with Gasteiger partial charge in [-0.1, -0.05) is 54.6 Å². The van der Waals surface area contributed by atoms with Gasteiger partial charge in [0.1, 0.15) is 17.3 Å². The quantitative estimate of drug-likeness (QED) is 0.0468. The third kappa shape index (κ3) is 12.0. The third-order valence-corrected chi connectivity index (χ3v) is 6.64. The minimum Gasteiger partial charge on any atom is -0.497 e. The van der Waals surface area contributed by atoms with Gasteiger partial charge in [-0.3, -0.25) is 4.90 Å². The van der Waals surface area contributed by atoms with Crippen molar-refractivity contribution in [1.82, 2.24) is 14.5 Å². The van der Waals surface area contributed by atoms with Crippen molar-refractivity contribution in [2.45, 2.75) is 0 Å². The van der Waals surface area contributed by atoms with Gasteiger partial charge in [-0.05, 0) is 66.7 Å². The molecular weight excluding hydrogens is 619 g/mol. The fourth-order valence-electron chi connectivity index (χ4n) is 4.40. The van der Waals surface area contributed by atoms with E-state index in [1.807, 2.05) is 141 Å². The molecule has 0 fully saturated rings. The largest absolute Gasteiger partial charge is 0.673 e. The van der Waals surface area contributed by atoms with Crippen molar-refractivity contribution < 1.29 is 26.7 Å². The first-order chi connectivity index (χ1) is 22.9. The van der Waals surface area contributed by atoms with E-state index in [1.54, 1.807) is 14.2 Å². The lowest BCUT2D eigenvalue weighted by Crippen LogP contribution is -2.26. The van der Waals surface area contributed by atoms with Gasteiger partial charge in [0.2, 0.25) is 5.71 Å². The molecule has 0 heterocycles. The number of ether oxygens (including phenoxy) is 2. The number of halogens is 4. The van der Waals surface area contributed by atoms with E-state index in [0.29, 0.717) is 0 Å². The summed E-state index contributed by atoms with van der Waals surface area (Å²) in [5.41, 5.74) is 5.61. The van der Waals surface area contributed by atoms with Gasteiger partial charge in [0.05, 0.1) is 39.6 Å². The highest BCUT2D eigenvalue weighted by Gasteiger charge is 2.20. The summed E-state index contributed by atoms with van der Waals surface area (Å²) in [6, 6.07) is 36.2. The van der Waals surface area contributed by atoms with Crippen LogP contribution in [0.5, 0.6) is 11.5 Å². The highest BCUT2D eigenvalue weighted by molar-refractivity contribution is 6.50. The molecule has 0 saturated carbocycles. The van der Waals surface area contributed by atoms with E-state index in [-0.39, 0.29) is 0 Å². The summed E-state index contributed by atoms with van der Waals surface area (Å²) in [4.78, 5) is 9.20. The van der Waals surface area contributed by atoms with Gasteiger partial charge >= 0.3 is 13.1 Å². The lowest BCUT2D eigenvalue weighted by atomic mass is 10.1. The SMILES string of the molecule is COc1ccc(C(/C=C/C=C(\N=C(c2ccccc2)N(C)C)c2ccc(OC)cc2)=[N+]=C(c2ccccc2)N(C)C)cc1.F[B-](F)(F)F. The Morgan fingerprint density at radius 3 is 1.52 bits per heavy atom. The number of aliphatic imine (C=N–C) groups is 1. The van der Waals surface area contributed by atoms with Crippen LogP contribution in [-0.4, -0.2) is 76.8 Å². The smallest absolute Gasteiger partial charge is 0.497 e. The lowest BCUT2D eigenvalue weighted by Gasteiger charge is -2.17. The predicted octanol–water partition coefficient (Wildman–Crippen LogP) is 7.47. The van der Waals surface area contributed by atoms with Crippen molar-refractivity contribution >= 4 is 30.3 Å². The van der Waals surface area contributed by atoms with E-state index in [9.17, 15) is 17.3 Å². The minimum atomic E-state index is -6.00. The number of rotatable bonds is 9. The van der Waals surface area contributed by atoms with Gasteiger partial charge in [-0.25, -0.2) is 9.66 Å². The average Bonchev–Trinajstić information content (AvgIpc) is 3.07. The first-order valence-electron chi connectivity index (χ1n) is 14.9. The highest BCUT2D eigenvalue weighted by Crippen LogP contribution is 2.22. The number of hydrogen-bond donors (Lipinski definition) is 0. The zero-order valence-electron chi connectivity index (χ0n) is 27.8. The molecule has 0 spiro atoms. The molecule has 48 heavy (non-hydrogen) atoms. The second kappa shape index (κ2) is 18.0. The zero-order chi connectivity index (χ0) is 35.1. The molecule has 0 aromatic heterocycles. The Bertz CT molecular complexity index is 1740. The third-order valence-electron chi connectivity index (χ3n) is 6.64. The second-order valence-corrected chi connectivity index (χ2v) is 10.6. The van der Waals surface area contributed by atoms with Crippen molar-refractivity contribution in [1.29, 1.82) is 0 Å². The highest BCUT2D eigenvalue weighted by atomic mass is 19.5. The summed E-state index contributed by atoms with van der Waals surface area (Å²) >= 11 is 0. The molecule has 0 bridgehead atoms. The molecule has 0 saturated heterocycles. The molecule has 0 radical (unpaired) electrons. The predicted molar refractivity (Wildman–Crippen MR) is 190 cm³/mol. The maximum Gasteiger partial charge on any atom is 0.673 e. The summed E-state index contributed by atoms with van der Waals surface area (Å²) in [6.07, 6.45) is 6.04. The minimum absolute atomic E-state index is 0.792. The van der Waals surface area contributed by atoms with Crippen molar-refractivity contribution in [2.24, 2.45) is 4.99 Å². The Balaban J connectivity index is 0.00000116. The zero-order valence-corrected chi connectivity index (χ0v) is 27.8. The van der Waals surface area contributed by atoms with Gasteiger partial charge in [0.25, 0.3) is 0 Å². The first-order valence-corrected chi connectivity index (χ1v) is 14.9. The molecule has 0 aliphatic heterocycles. The van der Waals surface area contributed by atoms with Gasteiger partial charge in [-0.15, -0.1) is 0 Å². The van der Waals surface area contributed by atoms with Gasteiger partial charge < -0.3 is 31.6 Å². The summed E-state index contributed by atoms with van der Waals surface area (Å²) < 4.78 is 54.9. The summed E-state index contributed by atoms with van der Waals surface area (Å²) in [5.74, 6) is 3.29. The van der Waals surface area contributed by atoms with Crippen LogP contribution in [0, 0.1) is 0 Å². The molecule has 4 aromatic rings. The molecule has 4 aromatic carbocycles. The summed E-state index contributed by atoms with van der Waals surface area (Å²) in [6.45, 7) is 0. The molecular formula is C37H39BF4N4O2. The molecule has 0 aliphatic carbocycles. The molecule has 0 N–H and O–H groups in total. The molecule has 4 rings (SSSR count). The van der Waals surface area contributed by atoms with Crippen molar-refractivity contribution in [2.75, 3.05) is 42.4 Å². The van der Waals surface area contributed by atoms with Gasteiger partial charge in [-0.2, -0.15) is 0 Å². The number of hydrogen-bond acceptors (Lipinski definition) is 3. The molecule has 0 amide bonds. The van der Waals surface area contributed by atoms with E-state index < -0.39 is 7.25 Å². The van der Waals surface area contributed by atoms with Crippen LogP contribution < -0.4 is 14.1 Å². The van der Waals surface area contributed by atoms with Crippen LogP contribution in [-0.2, 0) is 0 Å². The van der Waals surface area contributed by atoms with E-state index in [1.165, 1.54) is 0 Å². The Morgan fingerprint density at radius 2 is 1.08 bits per heavy atom. The van der Waals surface area contributed by atoms with Crippen LogP contribution in [0.15, 0.2) is 132 Å². The van der Waals surface area contributed by atoms with Crippen LogP contribution in [0.3, 0.4) is 0 Å². The topological polar surface area (TPSA) is 51.4 Å². The van der Waals surface area contributed by atoms with E-state index in [4.69, 9.17) is 19.1 Å². The number of amidine groups is 2. The number of nitrogens with zero attached hydrogens (tertiary/aromatic N) is 4. The van der Waals surface area contributed by atoms with Crippen LogP contribution in [0.1, 0.15) is 22.3 Å². The molecule has 0 unspecified atom stereocenters. The molecule has 0 atom stereocenters. The lowest BCUT2D eigenvalue weighted by molar-refractivity contribution is 0.368. The molecule has 0 aliphatic rings. The maximum atomic E-state index is 9.75. The summed E-state index contributed by atoms with van der Waals surface area (Å²) in [7, 11) is 5.35. The fourth-order valence-corrected chi connectivity index (χ4v) is 4.40. The van der Waals surface area contributed by atoms with Crippen LogP contribution in [0.25, 0.3) is 5.70 Å². The molecule has 250 valence electrons. The number of allylic oxidation sites excluding steroid dienone is 3. The number of benzene rings is 4. The van der Waals surface area contributed by atoms with Crippen molar-refractivity contribution in [3.63, 3.8) is 0 Å². The van der Waals surface area contributed by atoms with Gasteiger partial charge in [0.15, 0.2) is 0 Å². The van der Waals surface area contributed by atoms with E-state index in [0.717, 1.165) is 56.8 Å². The monoisotopic (exact) mass is 658 g/mol. The Kier molecular flexibility index (Phi) is 13.8. The van der Waals surface area contributed by atoms with Crippen molar-refractivity contribution in [3.05, 3.63) is 150 Å². The van der Waals surface area contributed by atoms with Crippen LogP contribution >= 0.6 is 0 Å². The average molecular weight is 659 g/mol. The van der Waals surface area contributed by atoms with Gasteiger partial charge in [0, 0.05) is 36.9 Å². The Labute approximate surface area is 279 Å². The van der Waals surface area contributed by atoms with E-state index in [2.05, 4.69) is 24.3 Å². The summed E-state index contributed by atoms with van der Waals surface area (Å²) in [5, 5.41) is 0. The van der Waals surface area contributed by atoms with Crippen molar-refractivity contribution in [3.8, 4) is 11.5 Å². The molecule has 11 heteroatoms. The first kappa shape index (κ1) is 36.9. The molecule has 6 nitrogen and oxygen atoms in total. The maximum absolute atomic E-state index is 9.75. The Morgan fingerprint density at radius 1 is 0.625 bits per heavy atom. The van der Waals surface area contributed by atoms with Crippen LogP contribution in [0.2, 0.25) is 0 Å². The standard InChI is InChI=1S/C37H39N4O2.BF4/c1-40(2)36(30-14-9-7-10-15-30)38-34(28-20-24-32(42-5)25-21-28)18-13-19-35(29-22-26-33(43-6)27-23-29)39-37(41(3)4)31-16-11-8-12-17-31;2-1(3,4)5/h7-27H,1-6H3;/q+1;-1.